The number of hydrogen-bond acceptors (Lipinski definition) is 3. The SMILES string of the molecule is C[11CH](C)NC[C@H](O)COc1cccc2[nH]c3ccccc3c12. The zero-order valence-corrected chi connectivity index (χ0v) is 13.0. The van der Waals surface area contributed by atoms with Gasteiger partial charge in [-0.15, -0.1) is 0 Å². The van der Waals surface area contributed by atoms with Gasteiger partial charge >= 0.3 is 0 Å². The quantitative estimate of drug-likeness (QED) is 0.655. The van der Waals surface area contributed by atoms with E-state index in [1.54, 1.807) is 0 Å². The summed E-state index contributed by atoms with van der Waals surface area (Å²) in [4.78, 5) is 3.39. The largest absolute Gasteiger partial charge is 0.490 e. The Bertz CT molecular complexity index is 764. The standard InChI is InChI=1S/C18H22N2O2/c1-12(2)19-10-13(21)11-22-17-9-5-8-16-18(17)14-6-3-4-7-15(14)20-16/h3-9,12-13,19-21H,10-11H2,1-2H3/t13-/m0/s1/i12-1. The molecule has 0 saturated carbocycles. The Morgan fingerprint density at radius 2 is 1.86 bits per heavy atom. The maximum Gasteiger partial charge on any atom is 0.129 e. The van der Waals surface area contributed by atoms with Crippen molar-refractivity contribution in [1.29, 1.82) is 0 Å². The molecule has 0 saturated heterocycles. The molecule has 1 atom stereocenters. The van der Waals surface area contributed by atoms with E-state index in [1.165, 1.54) is 0 Å². The minimum absolute atomic E-state index is 0.276. The number of hydrogen-bond donors (Lipinski definition) is 3. The highest BCUT2D eigenvalue weighted by Crippen LogP contribution is 2.32. The van der Waals surface area contributed by atoms with Gasteiger partial charge in [0.1, 0.15) is 18.5 Å². The Morgan fingerprint density at radius 1 is 1.09 bits per heavy atom. The molecular weight excluding hydrogens is 275 g/mol. The maximum absolute atomic E-state index is 10.0. The van der Waals surface area contributed by atoms with Gasteiger partial charge in [0.2, 0.25) is 0 Å². The van der Waals surface area contributed by atoms with Crippen LogP contribution in [0.5, 0.6) is 5.75 Å². The molecule has 0 aliphatic rings. The summed E-state index contributed by atoms with van der Waals surface area (Å²) in [6.07, 6.45) is -0.525. The first-order valence-electron chi connectivity index (χ1n) is 7.69. The number of benzene rings is 2. The maximum atomic E-state index is 10.0. The third-order valence-corrected chi connectivity index (χ3v) is 3.68. The average molecular weight is 297 g/mol. The fraction of sp³-hybridized carbons (Fsp3) is 0.333. The van der Waals surface area contributed by atoms with Crippen LogP contribution in [0.3, 0.4) is 0 Å². The van der Waals surface area contributed by atoms with Crippen molar-refractivity contribution in [3.8, 4) is 5.75 Å². The number of nitrogens with one attached hydrogen (secondary N) is 2. The van der Waals surface area contributed by atoms with Crippen molar-refractivity contribution < 1.29 is 9.84 Å². The fourth-order valence-electron chi connectivity index (χ4n) is 2.61. The summed E-state index contributed by atoms with van der Waals surface area (Å²) in [6.45, 7) is 4.92. The summed E-state index contributed by atoms with van der Waals surface area (Å²) in [5.41, 5.74) is 2.14. The van der Waals surface area contributed by atoms with Crippen LogP contribution in [-0.4, -0.2) is 35.4 Å². The van der Waals surface area contributed by atoms with E-state index in [0.717, 1.165) is 27.6 Å². The highest BCUT2D eigenvalue weighted by atomic mass is 16.5. The molecule has 0 amide bonds. The number of H-pyrrole nitrogens is 1. The molecule has 0 aliphatic carbocycles. The molecule has 0 aliphatic heterocycles. The summed E-state index contributed by atoms with van der Waals surface area (Å²) in [5.74, 6) is 0.804. The van der Waals surface area contributed by atoms with E-state index >= 15 is 0 Å². The van der Waals surface area contributed by atoms with Crippen LogP contribution >= 0.6 is 0 Å². The molecular formula is C18H22N2O2. The van der Waals surface area contributed by atoms with E-state index in [0.29, 0.717) is 12.6 Å². The van der Waals surface area contributed by atoms with Crippen molar-refractivity contribution >= 4 is 21.8 Å². The first-order valence-corrected chi connectivity index (χ1v) is 7.69. The number of para-hydroxylation sites is 1. The molecule has 22 heavy (non-hydrogen) atoms. The summed E-state index contributed by atoms with van der Waals surface area (Å²) in [7, 11) is 0. The Labute approximate surface area is 130 Å². The molecule has 3 aromatic rings. The molecule has 2 aromatic carbocycles. The predicted molar refractivity (Wildman–Crippen MR) is 90.4 cm³/mol. The van der Waals surface area contributed by atoms with Gasteiger partial charge in [0.15, 0.2) is 0 Å². The van der Waals surface area contributed by atoms with E-state index in [2.05, 4.69) is 36.3 Å². The summed E-state index contributed by atoms with van der Waals surface area (Å²) < 4.78 is 5.87. The molecule has 0 radical (unpaired) electrons. The van der Waals surface area contributed by atoms with E-state index in [4.69, 9.17) is 4.74 Å². The molecule has 1 heterocycles. The molecule has 1 aromatic heterocycles. The highest BCUT2D eigenvalue weighted by molar-refractivity contribution is 6.10. The zero-order chi connectivity index (χ0) is 15.5. The average Bonchev–Trinajstić information content (AvgIpc) is 2.90. The van der Waals surface area contributed by atoms with Crippen LogP contribution in [0.4, 0.5) is 0 Å². The van der Waals surface area contributed by atoms with Gasteiger partial charge in [0.25, 0.3) is 0 Å². The number of aromatic amines is 1. The first kappa shape index (κ1) is 14.9. The van der Waals surface area contributed by atoms with Crippen molar-refractivity contribution in [3.63, 3.8) is 0 Å². The molecule has 3 rings (SSSR count). The number of aliphatic hydroxyl groups excluding tert-OH is 1. The Balaban J connectivity index is 1.82. The smallest absolute Gasteiger partial charge is 0.129 e. The number of fused-ring (bicyclic) bond motifs is 3. The third-order valence-electron chi connectivity index (χ3n) is 3.68. The van der Waals surface area contributed by atoms with E-state index < -0.39 is 6.10 Å². The Morgan fingerprint density at radius 3 is 2.68 bits per heavy atom. The summed E-state index contributed by atoms with van der Waals surface area (Å²) in [6, 6.07) is 14.5. The number of ether oxygens (including phenoxy) is 1. The third kappa shape index (κ3) is 3.08. The van der Waals surface area contributed by atoms with Gasteiger partial charge in [-0.25, -0.2) is 0 Å². The molecule has 0 unspecified atom stereocenters. The normalized spacial score (nSPS) is 13.1. The van der Waals surface area contributed by atoms with Crippen LogP contribution in [0.2, 0.25) is 0 Å². The van der Waals surface area contributed by atoms with Crippen molar-refractivity contribution in [2.24, 2.45) is 0 Å². The van der Waals surface area contributed by atoms with Crippen LogP contribution in [0.15, 0.2) is 42.5 Å². The van der Waals surface area contributed by atoms with Crippen molar-refractivity contribution in [2.75, 3.05) is 13.2 Å². The fourth-order valence-corrected chi connectivity index (χ4v) is 2.61. The van der Waals surface area contributed by atoms with Gasteiger partial charge < -0.3 is 20.1 Å². The van der Waals surface area contributed by atoms with Crippen molar-refractivity contribution in [3.05, 3.63) is 42.5 Å². The van der Waals surface area contributed by atoms with Crippen molar-refractivity contribution in [2.45, 2.75) is 26.0 Å². The topological polar surface area (TPSA) is 57.3 Å². The minimum Gasteiger partial charge on any atom is -0.490 e. The highest BCUT2D eigenvalue weighted by Gasteiger charge is 2.11. The van der Waals surface area contributed by atoms with Gasteiger partial charge in [-0.1, -0.05) is 38.1 Å². The second-order valence-corrected chi connectivity index (χ2v) is 5.88. The molecule has 4 nitrogen and oxygen atoms in total. The van der Waals surface area contributed by atoms with Gasteiger partial charge in [0, 0.05) is 28.9 Å². The minimum atomic E-state index is -0.525. The van der Waals surface area contributed by atoms with Crippen LogP contribution in [-0.2, 0) is 0 Å². The lowest BCUT2D eigenvalue weighted by Crippen LogP contribution is -2.35. The van der Waals surface area contributed by atoms with Crippen LogP contribution in [0, 0.1) is 0 Å². The van der Waals surface area contributed by atoms with Crippen LogP contribution < -0.4 is 10.1 Å². The Kier molecular flexibility index (Phi) is 4.32. The predicted octanol–water partition coefficient (Wildman–Crippen LogP) is 3.06. The molecule has 0 bridgehead atoms. The number of aliphatic hydroxyl groups is 1. The second kappa shape index (κ2) is 6.38. The lowest BCUT2D eigenvalue weighted by atomic mass is 9.82. The molecule has 4 heteroatoms. The molecule has 116 valence electrons. The van der Waals surface area contributed by atoms with Gasteiger partial charge in [0.05, 0.1) is 5.52 Å². The Hall–Kier alpha value is -2.04. The summed E-state index contributed by atoms with van der Waals surface area (Å²) >= 11 is 0. The molecule has 3 N–H and O–H groups in total. The monoisotopic (exact) mass is 297 g/mol. The van der Waals surface area contributed by atoms with E-state index in [1.807, 2.05) is 30.3 Å². The first-order chi connectivity index (χ1) is 10.6. The lowest BCUT2D eigenvalue weighted by Gasteiger charge is -2.15. The van der Waals surface area contributed by atoms with Crippen LogP contribution in [0.1, 0.15) is 13.8 Å². The molecule has 0 spiro atoms. The summed E-state index contributed by atoms with van der Waals surface area (Å²) in [5, 5.41) is 15.4. The van der Waals surface area contributed by atoms with E-state index in [9.17, 15) is 5.11 Å². The van der Waals surface area contributed by atoms with E-state index in [-0.39, 0.29) is 6.61 Å². The van der Waals surface area contributed by atoms with Crippen LogP contribution in [0.25, 0.3) is 21.8 Å². The lowest BCUT2D eigenvalue weighted by molar-refractivity contribution is 0.105. The number of rotatable bonds is 6. The number of aromatic nitrogens is 1. The van der Waals surface area contributed by atoms with Gasteiger partial charge in [-0.2, -0.15) is 0 Å². The van der Waals surface area contributed by atoms with Gasteiger partial charge in [-0.05, 0) is 18.2 Å². The van der Waals surface area contributed by atoms with Crippen molar-refractivity contribution in [1.82, 2.24) is 10.3 Å². The van der Waals surface area contributed by atoms with Gasteiger partial charge in [-0.3, -0.25) is 0 Å². The molecule has 0 fully saturated rings. The second-order valence-electron chi connectivity index (χ2n) is 5.88. The zero-order valence-electron chi connectivity index (χ0n) is 13.0.